The molecule has 85 heavy (non-hydrogen) atoms. The number of aliphatic hydroxyl groups is 8. The molecular weight excluding hydrogens is 1070 g/mol. The Bertz CT molecular complexity index is 1520. The van der Waals surface area contributed by atoms with Crippen molar-refractivity contribution >= 4 is 5.91 Å². The van der Waals surface area contributed by atoms with Gasteiger partial charge in [0.1, 0.15) is 48.8 Å². The van der Waals surface area contributed by atoms with E-state index < -0.39 is 86.8 Å². The number of hydrogen-bond donors (Lipinski definition) is 9. The van der Waals surface area contributed by atoms with Gasteiger partial charge in [-0.1, -0.05) is 314 Å². The minimum absolute atomic E-state index is 0.241. The highest BCUT2D eigenvalue weighted by atomic mass is 16.7. The van der Waals surface area contributed by atoms with Crippen molar-refractivity contribution in [1.82, 2.24) is 5.32 Å². The summed E-state index contributed by atoms with van der Waals surface area (Å²) < 4.78 is 22.9. The number of hydrogen-bond acceptors (Lipinski definition) is 13. The molecule has 1 amide bonds. The Labute approximate surface area is 519 Å². The summed E-state index contributed by atoms with van der Waals surface area (Å²) in [5.74, 6) is -0.241. The molecule has 0 spiro atoms. The van der Waals surface area contributed by atoms with Crippen LogP contribution in [0.5, 0.6) is 0 Å². The summed E-state index contributed by atoms with van der Waals surface area (Å²) in [4.78, 5) is 13.3. The predicted molar refractivity (Wildman–Crippen MR) is 346 cm³/mol. The minimum Gasteiger partial charge on any atom is -0.394 e. The topological polar surface area (TPSA) is 228 Å². The van der Waals surface area contributed by atoms with Crippen LogP contribution in [-0.4, -0.2) is 140 Å². The lowest BCUT2D eigenvalue weighted by atomic mass is 9.97. The lowest BCUT2D eigenvalue weighted by Gasteiger charge is -2.46. The van der Waals surface area contributed by atoms with E-state index in [0.29, 0.717) is 12.8 Å². The van der Waals surface area contributed by atoms with Crippen LogP contribution in [0.25, 0.3) is 0 Å². The fourth-order valence-electron chi connectivity index (χ4n) is 12.1. The average Bonchev–Trinajstić information content (AvgIpc) is 3.69. The lowest BCUT2D eigenvalue weighted by molar-refractivity contribution is -0.359. The maximum Gasteiger partial charge on any atom is 0.220 e. The van der Waals surface area contributed by atoms with Gasteiger partial charge in [0.05, 0.1) is 32.0 Å². The molecule has 14 nitrogen and oxygen atoms in total. The van der Waals surface area contributed by atoms with Crippen LogP contribution in [0, 0.1) is 0 Å². The molecule has 0 bridgehead atoms. The van der Waals surface area contributed by atoms with E-state index in [0.717, 1.165) is 32.1 Å². The van der Waals surface area contributed by atoms with Crippen LogP contribution in [0.15, 0.2) is 24.3 Å². The molecule has 0 aromatic rings. The van der Waals surface area contributed by atoms with Crippen molar-refractivity contribution in [3.05, 3.63) is 24.3 Å². The molecular formula is C71H135NO13. The Hall–Kier alpha value is -1.53. The second kappa shape index (κ2) is 56.5. The lowest BCUT2D eigenvalue weighted by Crippen LogP contribution is -2.65. The molecule has 2 fully saturated rings. The Morgan fingerprint density at radius 3 is 1.15 bits per heavy atom. The fourth-order valence-corrected chi connectivity index (χ4v) is 12.1. The third-order valence-electron chi connectivity index (χ3n) is 17.9. The summed E-state index contributed by atoms with van der Waals surface area (Å²) in [5, 5.41) is 87.4. The quantitative estimate of drug-likeness (QED) is 0.0204. The van der Waals surface area contributed by atoms with E-state index in [1.54, 1.807) is 6.08 Å². The largest absolute Gasteiger partial charge is 0.394 e. The number of allylic oxidation sites excluding steroid dienone is 3. The van der Waals surface area contributed by atoms with Crippen molar-refractivity contribution in [2.24, 2.45) is 0 Å². The Morgan fingerprint density at radius 2 is 0.753 bits per heavy atom. The maximum atomic E-state index is 13.3. The highest BCUT2D eigenvalue weighted by Gasteiger charge is 2.51. The van der Waals surface area contributed by atoms with E-state index in [1.807, 2.05) is 6.08 Å². The van der Waals surface area contributed by atoms with Gasteiger partial charge >= 0.3 is 0 Å². The first-order valence-electron chi connectivity index (χ1n) is 36.1. The summed E-state index contributed by atoms with van der Waals surface area (Å²) in [5.41, 5.74) is 0. The number of aliphatic hydroxyl groups excluding tert-OH is 8. The smallest absolute Gasteiger partial charge is 0.220 e. The Balaban J connectivity index is 1.67. The molecule has 502 valence electrons. The van der Waals surface area contributed by atoms with Crippen molar-refractivity contribution in [3.63, 3.8) is 0 Å². The van der Waals surface area contributed by atoms with Crippen molar-refractivity contribution in [1.29, 1.82) is 0 Å². The SMILES string of the molecule is CCCCCCCCCCCCCCCCCC/C=C/CC/C=C/C(O)C(COC1OC(CO)C(OC2OC(CO)C(O)C(O)C2O)C(O)C1O)NC(=O)CCCCCCCCCCCCCCCCCCCCCCCCCCCCCCC. The molecule has 12 atom stereocenters. The van der Waals surface area contributed by atoms with Gasteiger partial charge in [0.2, 0.25) is 5.91 Å². The van der Waals surface area contributed by atoms with Gasteiger partial charge in [0.25, 0.3) is 0 Å². The second-order valence-electron chi connectivity index (χ2n) is 25.7. The van der Waals surface area contributed by atoms with Crippen molar-refractivity contribution in [2.45, 2.75) is 402 Å². The van der Waals surface area contributed by atoms with Crippen LogP contribution in [0.3, 0.4) is 0 Å². The third-order valence-corrected chi connectivity index (χ3v) is 17.9. The number of carbonyl (C=O) groups excluding carboxylic acids is 1. The first kappa shape index (κ1) is 79.6. The third kappa shape index (κ3) is 40.8. The van der Waals surface area contributed by atoms with E-state index in [2.05, 4.69) is 31.3 Å². The zero-order chi connectivity index (χ0) is 61.6. The highest BCUT2D eigenvalue weighted by Crippen LogP contribution is 2.30. The van der Waals surface area contributed by atoms with Crippen molar-refractivity contribution in [2.75, 3.05) is 19.8 Å². The van der Waals surface area contributed by atoms with Gasteiger partial charge in [-0.15, -0.1) is 0 Å². The molecule has 9 N–H and O–H groups in total. The molecule has 2 aliphatic heterocycles. The van der Waals surface area contributed by atoms with E-state index in [1.165, 1.54) is 263 Å². The first-order valence-corrected chi connectivity index (χ1v) is 36.1. The van der Waals surface area contributed by atoms with Crippen molar-refractivity contribution < 1.29 is 64.6 Å². The van der Waals surface area contributed by atoms with Crippen LogP contribution in [0.4, 0.5) is 0 Å². The summed E-state index contributed by atoms with van der Waals surface area (Å²) in [6.45, 7) is 2.84. The molecule has 12 unspecified atom stereocenters. The number of rotatable bonds is 60. The van der Waals surface area contributed by atoms with Crippen molar-refractivity contribution in [3.8, 4) is 0 Å². The van der Waals surface area contributed by atoms with Gasteiger partial charge in [0, 0.05) is 6.42 Å². The predicted octanol–water partition coefficient (Wildman–Crippen LogP) is 14.7. The monoisotopic (exact) mass is 1210 g/mol. The molecule has 2 aliphatic rings. The van der Waals surface area contributed by atoms with E-state index in [-0.39, 0.29) is 18.9 Å². The van der Waals surface area contributed by atoms with Crippen LogP contribution < -0.4 is 5.32 Å². The molecule has 0 radical (unpaired) electrons. The van der Waals surface area contributed by atoms with Crippen LogP contribution in [0.2, 0.25) is 0 Å². The Kier molecular flexibility index (Phi) is 52.8. The molecule has 2 rings (SSSR count). The van der Waals surface area contributed by atoms with Gasteiger partial charge in [-0.05, 0) is 32.1 Å². The average molecular weight is 1210 g/mol. The molecule has 2 saturated heterocycles. The van der Waals surface area contributed by atoms with Gasteiger partial charge in [-0.3, -0.25) is 4.79 Å². The molecule has 0 aliphatic carbocycles. The van der Waals surface area contributed by atoms with E-state index in [4.69, 9.17) is 18.9 Å². The fraction of sp³-hybridized carbons (Fsp3) is 0.930. The van der Waals surface area contributed by atoms with Gasteiger partial charge in [-0.2, -0.15) is 0 Å². The van der Waals surface area contributed by atoms with Crippen LogP contribution in [-0.2, 0) is 23.7 Å². The van der Waals surface area contributed by atoms with E-state index in [9.17, 15) is 45.6 Å². The standard InChI is InChI=1S/C71H135NO13/c1-3-5-7-9-11-13-15-17-19-21-23-25-27-28-29-30-31-32-33-35-37-39-41-43-45-47-49-51-53-55-63(76)72-59(58-82-70-68(81)66(79)69(62(57-74)84-70)85-71-67(80)65(78)64(77)61(56-73)83-71)60(75)54-52-50-48-46-44-42-40-38-36-34-26-24-22-20-18-16-14-12-10-8-6-4-2/h44,46,52,54,59-62,64-71,73-75,77-81H,3-43,45,47-51,53,55-58H2,1-2H3,(H,72,76)/b46-44+,54-52+. The molecule has 2 heterocycles. The molecule has 0 aromatic carbocycles. The van der Waals surface area contributed by atoms with Gasteiger partial charge < -0.3 is 65.1 Å². The molecule has 0 aromatic heterocycles. The second-order valence-corrected chi connectivity index (χ2v) is 25.7. The summed E-state index contributed by atoms with van der Waals surface area (Å²) in [7, 11) is 0. The van der Waals surface area contributed by atoms with Crippen LogP contribution in [0.1, 0.15) is 328 Å². The zero-order valence-electron chi connectivity index (χ0n) is 54.6. The maximum absolute atomic E-state index is 13.3. The number of carbonyl (C=O) groups is 1. The highest BCUT2D eigenvalue weighted by molar-refractivity contribution is 5.76. The van der Waals surface area contributed by atoms with E-state index >= 15 is 0 Å². The Morgan fingerprint density at radius 1 is 0.412 bits per heavy atom. The summed E-state index contributed by atoms with van der Waals surface area (Å²) in [6, 6.07) is -0.929. The molecule has 14 heteroatoms. The number of unbranched alkanes of at least 4 members (excludes halogenated alkanes) is 45. The van der Waals surface area contributed by atoms with Gasteiger partial charge in [-0.25, -0.2) is 0 Å². The van der Waals surface area contributed by atoms with Gasteiger partial charge in [0.15, 0.2) is 12.6 Å². The zero-order valence-corrected chi connectivity index (χ0v) is 54.6. The van der Waals surface area contributed by atoms with Crippen LogP contribution >= 0.6 is 0 Å². The summed E-state index contributed by atoms with van der Waals surface area (Å²) in [6.07, 6.45) is 53.9. The first-order chi connectivity index (χ1) is 41.6. The normalized spacial score (nSPS) is 23.6. The number of nitrogens with one attached hydrogen (secondary N) is 1. The summed E-state index contributed by atoms with van der Waals surface area (Å²) >= 11 is 0. The number of amides is 1. The minimum atomic E-state index is -1.79. The molecule has 0 saturated carbocycles. The number of ether oxygens (including phenoxy) is 4.